The average Bonchev–Trinajstić information content (AvgIpc) is 2.73. The number of methoxy groups -OCH3 is 1. The minimum absolute atomic E-state index is 0.0737. The number of nitrogens with zero attached hydrogens (tertiary/aromatic N) is 4. The minimum Gasteiger partial charge on any atom is -0.497 e. The molecule has 8 nitrogen and oxygen atoms in total. The maximum atomic E-state index is 11.1. The van der Waals surface area contributed by atoms with Crippen LogP contribution in [0.2, 0.25) is 0 Å². The van der Waals surface area contributed by atoms with Gasteiger partial charge in [0.15, 0.2) is 11.0 Å². The summed E-state index contributed by atoms with van der Waals surface area (Å²) in [6.07, 6.45) is 1.82. The molecule has 0 atom stereocenters. The summed E-state index contributed by atoms with van der Waals surface area (Å²) in [5, 5.41) is 24.4. The third-order valence-electron chi connectivity index (χ3n) is 3.87. The second-order valence-electron chi connectivity index (χ2n) is 5.56. The number of aromatic nitrogens is 2. The van der Waals surface area contributed by atoms with Gasteiger partial charge in [-0.3, -0.25) is 10.1 Å². The van der Waals surface area contributed by atoms with Crippen molar-refractivity contribution in [1.82, 2.24) is 9.97 Å². The largest absolute Gasteiger partial charge is 0.497 e. The molecular weight excluding hydrogens is 378 g/mol. The fourth-order valence-corrected chi connectivity index (χ4v) is 2.88. The van der Waals surface area contributed by atoms with E-state index in [4.69, 9.17) is 4.74 Å². The van der Waals surface area contributed by atoms with E-state index in [-0.39, 0.29) is 11.3 Å². The van der Waals surface area contributed by atoms with Crippen LogP contribution in [0.25, 0.3) is 11.3 Å². The van der Waals surface area contributed by atoms with Crippen LogP contribution < -0.4 is 10.1 Å². The number of nitro groups is 1. The summed E-state index contributed by atoms with van der Waals surface area (Å²) in [5.41, 5.74) is 1.65. The smallest absolute Gasteiger partial charge is 0.270 e. The zero-order valence-electron chi connectivity index (χ0n) is 15.0. The molecule has 0 aliphatic carbocycles. The number of benzene rings is 2. The Labute approximate surface area is 165 Å². The highest BCUT2D eigenvalue weighted by Crippen LogP contribution is 2.31. The van der Waals surface area contributed by atoms with Crippen LogP contribution in [0.1, 0.15) is 5.56 Å². The molecule has 0 aliphatic rings. The highest BCUT2D eigenvalue weighted by atomic mass is 32.2. The first-order valence-corrected chi connectivity index (χ1v) is 9.30. The van der Waals surface area contributed by atoms with Gasteiger partial charge in [-0.05, 0) is 30.5 Å². The molecule has 0 radical (unpaired) electrons. The Balaban J connectivity index is 2.10. The van der Waals surface area contributed by atoms with E-state index in [9.17, 15) is 15.4 Å². The molecule has 0 saturated carbocycles. The summed E-state index contributed by atoms with van der Waals surface area (Å²) in [7, 11) is 1.58. The van der Waals surface area contributed by atoms with E-state index in [1.807, 2.05) is 6.26 Å². The van der Waals surface area contributed by atoms with Crippen LogP contribution in [0.5, 0.6) is 5.75 Å². The molecule has 0 bridgehead atoms. The fourth-order valence-electron chi connectivity index (χ4n) is 2.51. The molecule has 28 heavy (non-hydrogen) atoms. The third kappa shape index (κ3) is 4.02. The Morgan fingerprint density at radius 1 is 1.21 bits per heavy atom. The number of thioether (sulfide) groups is 1. The number of hydrogen-bond donors (Lipinski definition) is 1. The van der Waals surface area contributed by atoms with E-state index in [1.165, 1.54) is 23.9 Å². The first kappa shape index (κ1) is 19.1. The normalized spacial score (nSPS) is 10.2. The molecule has 0 unspecified atom stereocenters. The lowest BCUT2D eigenvalue weighted by atomic mass is 10.1. The summed E-state index contributed by atoms with van der Waals surface area (Å²) >= 11 is 1.31. The first-order chi connectivity index (χ1) is 13.5. The summed E-state index contributed by atoms with van der Waals surface area (Å²) in [5.74, 6) is 1.03. The van der Waals surface area contributed by atoms with Crippen molar-refractivity contribution < 1.29 is 9.66 Å². The van der Waals surface area contributed by atoms with Crippen LogP contribution in [0.4, 0.5) is 17.2 Å². The fraction of sp³-hybridized carbons (Fsp3) is 0.105. The van der Waals surface area contributed by atoms with E-state index >= 15 is 0 Å². The number of rotatable bonds is 6. The Morgan fingerprint density at radius 2 is 1.96 bits per heavy atom. The Bertz CT molecular complexity index is 1060. The molecule has 1 heterocycles. The monoisotopic (exact) mass is 393 g/mol. The first-order valence-electron chi connectivity index (χ1n) is 8.07. The summed E-state index contributed by atoms with van der Waals surface area (Å²) < 4.78 is 5.14. The van der Waals surface area contributed by atoms with E-state index < -0.39 is 4.92 Å². The van der Waals surface area contributed by atoms with Gasteiger partial charge in [-0.15, -0.1) is 0 Å². The number of nitro benzene ring substituents is 1. The van der Waals surface area contributed by atoms with Gasteiger partial charge in [0.1, 0.15) is 17.4 Å². The van der Waals surface area contributed by atoms with Crippen molar-refractivity contribution in [3.63, 3.8) is 0 Å². The van der Waals surface area contributed by atoms with Crippen molar-refractivity contribution in [2.24, 2.45) is 0 Å². The number of non-ortho nitro benzene ring substituents is 1. The van der Waals surface area contributed by atoms with Gasteiger partial charge in [0.2, 0.25) is 0 Å². The second-order valence-corrected chi connectivity index (χ2v) is 6.33. The molecule has 2 aromatic carbocycles. The molecular formula is C19H15N5O3S. The molecule has 1 aromatic heterocycles. The van der Waals surface area contributed by atoms with Crippen LogP contribution in [-0.2, 0) is 0 Å². The Morgan fingerprint density at radius 3 is 2.57 bits per heavy atom. The highest BCUT2D eigenvalue weighted by Gasteiger charge is 2.18. The minimum atomic E-state index is -0.483. The highest BCUT2D eigenvalue weighted by molar-refractivity contribution is 7.98. The molecule has 0 saturated heterocycles. The topological polar surface area (TPSA) is 114 Å². The van der Waals surface area contributed by atoms with Gasteiger partial charge in [-0.25, -0.2) is 9.97 Å². The van der Waals surface area contributed by atoms with Gasteiger partial charge in [0, 0.05) is 23.4 Å². The number of hydrogen-bond acceptors (Lipinski definition) is 8. The van der Waals surface area contributed by atoms with Gasteiger partial charge in [-0.2, -0.15) is 5.26 Å². The van der Waals surface area contributed by atoms with Crippen molar-refractivity contribution >= 4 is 29.0 Å². The molecule has 0 fully saturated rings. The van der Waals surface area contributed by atoms with E-state index in [0.29, 0.717) is 33.7 Å². The molecule has 140 valence electrons. The lowest BCUT2D eigenvalue weighted by Gasteiger charge is -2.12. The Hall–Kier alpha value is -3.64. The SMILES string of the molecule is COc1ccc(Nc2nc(SC)nc(-c3cccc([N+](=O)[O-])c3)c2C#N)cc1. The van der Waals surface area contributed by atoms with Gasteiger partial charge in [0.25, 0.3) is 5.69 Å². The predicted molar refractivity (Wildman–Crippen MR) is 107 cm³/mol. The van der Waals surface area contributed by atoms with Crippen molar-refractivity contribution in [1.29, 1.82) is 5.26 Å². The van der Waals surface area contributed by atoms with E-state index in [2.05, 4.69) is 21.4 Å². The van der Waals surface area contributed by atoms with E-state index in [1.54, 1.807) is 43.5 Å². The lowest BCUT2D eigenvalue weighted by Crippen LogP contribution is -2.03. The van der Waals surface area contributed by atoms with Gasteiger partial charge in [0.05, 0.1) is 17.7 Å². The summed E-state index contributed by atoms with van der Waals surface area (Å²) in [6.45, 7) is 0. The molecule has 1 N–H and O–H groups in total. The van der Waals surface area contributed by atoms with Crippen LogP contribution in [0.15, 0.2) is 53.7 Å². The zero-order valence-corrected chi connectivity index (χ0v) is 15.9. The average molecular weight is 393 g/mol. The molecule has 9 heteroatoms. The van der Waals surface area contributed by atoms with Gasteiger partial charge >= 0.3 is 0 Å². The number of nitriles is 1. The molecule has 0 aliphatic heterocycles. The van der Waals surface area contributed by atoms with Crippen molar-refractivity contribution in [3.05, 3.63) is 64.2 Å². The number of ether oxygens (including phenoxy) is 1. The molecule has 0 spiro atoms. The summed E-state index contributed by atoms with van der Waals surface area (Å²) in [4.78, 5) is 19.4. The molecule has 3 aromatic rings. The van der Waals surface area contributed by atoms with Crippen molar-refractivity contribution in [2.45, 2.75) is 5.16 Å². The molecule has 0 amide bonds. The van der Waals surface area contributed by atoms with Crippen LogP contribution in [-0.4, -0.2) is 28.3 Å². The molecule has 3 rings (SSSR count). The van der Waals surface area contributed by atoms with Gasteiger partial charge in [-0.1, -0.05) is 23.9 Å². The van der Waals surface area contributed by atoms with Crippen LogP contribution >= 0.6 is 11.8 Å². The Kier molecular flexibility index (Phi) is 5.72. The van der Waals surface area contributed by atoms with Crippen LogP contribution in [0, 0.1) is 21.4 Å². The number of anilines is 2. The van der Waals surface area contributed by atoms with Crippen LogP contribution in [0.3, 0.4) is 0 Å². The van der Waals surface area contributed by atoms with Crippen molar-refractivity contribution in [3.8, 4) is 23.1 Å². The summed E-state index contributed by atoms with van der Waals surface area (Å²) in [6, 6.07) is 15.3. The maximum Gasteiger partial charge on any atom is 0.270 e. The quantitative estimate of drug-likeness (QED) is 0.284. The second kappa shape index (κ2) is 8.37. The maximum absolute atomic E-state index is 11.1. The standard InChI is InChI=1S/C19H15N5O3S/c1-27-15-8-6-13(7-9-15)21-18-16(11-20)17(22-19(23-18)28-2)12-4-3-5-14(10-12)24(25)26/h3-10H,1-2H3,(H,21,22,23). The predicted octanol–water partition coefficient (Wildman–Crippen LogP) is 4.40. The van der Waals surface area contributed by atoms with Crippen molar-refractivity contribution in [2.75, 3.05) is 18.7 Å². The zero-order chi connectivity index (χ0) is 20.1. The van der Waals surface area contributed by atoms with Gasteiger partial charge < -0.3 is 10.1 Å². The number of nitrogens with one attached hydrogen (secondary N) is 1. The van der Waals surface area contributed by atoms with E-state index in [0.717, 1.165) is 0 Å². The lowest BCUT2D eigenvalue weighted by molar-refractivity contribution is -0.384. The third-order valence-corrected chi connectivity index (χ3v) is 4.41.